The highest BCUT2D eigenvalue weighted by Gasteiger charge is 2.33. The molecular formula is C20H28N2O4S. The molecule has 1 aromatic rings. The molecule has 148 valence electrons. The number of carbonyl (C=O) groups excluding carboxylic acids is 3. The van der Waals surface area contributed by atoms with E-state index in [2.05, 4.69) is 5.32 Å². The third-order valence-electron chi connectivity index (χ3n) is 5.85. The standard InChI is InChI=1S/C20H28N2O4S/c1-12-13(2)27-19(21-14(3)23)18(12)20(25)26-11-17(24)22-9-8-15-6-4-5-7-16(15)10-22/h15-16H,4-11H2,1-3H3,(H,21,23). The van der Waals surface area contributed by atoms with E-state index in [-0.39, 0.29) is 18.4 Å². The number of carbonyl (C=O) groups is 3. The average molecular weight is 393 g/mol. The van der Waals surface area contributed by atoms with Crippen molar-refractivity contribution in [1.82, 2.24) is 4.90 Å². The van der Waals surface area contributed by atoms with Crippen LogP contribution in [0.15, 0.2) is 0 Å². The SMILES string of the molecule is CC(=O)Nc1sc(C)c(C)c1C(=O)OCC(=O)N1CCC2CCCCC2C1. The number of esters is 1. The van der Waals surface area contributed by atoms with Gasteiger partial charge in [0.25, 0.3) is 5.91 Å². The minimum absolute atomic E-state index is 0.127. The number of piperidine rings is 1. The van der Waals surface area contributed by atoms with Crippen molar-refractivity contribution in [2.24, 2.45) is 11.8 Å². The van der Waals surface area contributed by atoms with Crippen molar-refractivity contribution in [2.45, 2.75) is 52.9 Å². The number of fused-ring (bicyclic) bond motifs is 1. The molecule has 2 unspecified atom stereocenters. The number of nitrogens with one attached hydrogen (secondary N) is 1. The third kappa shape index (κ3) is 4.51. The Morgan fingerprint density at radius 2 is 1.85 bits per heavy atom. The van der Waals surface area contributed by atoms with Gasteiger partial charge >= 0.3 is 5.97 Å². The molecule has 1 saturated heterocycles. The van der Waals surface area contributed by atoms with Crippen LogP contribution in [-0.4, -0.2) is 42.4 Å². The fourth-order valence-electron chi connectivity index (χ4n) is 4.24. The van der Waals surface area contributed by atoms with E-state index in [1.165, 1.54) is 43.9 Å². The number of hydrogen-bond donors (Lipinski definition) is 1. The van der Waals surface area contributed by atoms with Crippen molar-refractivity contribution in [2.75, 3.05) is 25.0 Å². The highest BCUT2D eigenvalue weighted by molar-refractivity contribution is 7.16. The molecule has 2 aliphatic rings. The lowest BCUT2D eigenvalue weighted by molar-refractivity contribution is -0.137. The minimum atomic E-state index is -0.554. The smallest absolute Gasteiger partial charge is 0.341 e. The van der Waals surface area contributed by atoms with E-state index < -0.39 is 5.97 Å². The lowest BCUT2D eigenvalue weighted by Gasteiger charge is -2.41. The van der Waals surface area contributed by atoms with E-state index in [4.69, 9.17) is 4.74 Å². The second-order valence-electron chi connectivity index (χ2n) is 7.68. The predicted molar refractivity (Wildman–Crippen MR) is 105 cm³/mol. The topological polar surface area (TPSA) is 75.7 Å². The number of anilines is 1. The number of nitrogens with zero attached hydrogens (tertiary/aromatic N) is 1. The Hall–Kier alpha value is -1.89. The first-order valence-corrected chi connectivity index (χ1v) is 10.5. The van der Waals surface area contributed by atoms with Crippen LogP contribution in [0.2, 0.25) is 0 Å². The molecular weight excluding hydrogens is 364 g/mol. The molecule has 1 aliphatic carbocycles. The highest BCUT2D eigenvalue weighted by atomic mass is 32.1. The summed E-state index contributed by atoms with van der Waals surface area (Å²) < 4.78 is 5.32. The fourth-order valence-corrected chi connectivity index (χ4v) is 5.33. The normalized spacial score (nSPS) is 22.1. The van der Waals surface area contributed by atoms with Crippen LogP contribution in [0.1, 0.15) is 59.8 Å². The first kappa shape index (κ1) is 19.9. The van der Waals surface area contributed by atoms with Gasteiger partial charge in [-0.1, -0.05) is 19.3 Å². The first-order chi connectivity index (χ1) is 12.9. The summed E-state index contributed by atoms with van der Waals surface area (Å²) in [5.74, 6) is 0.429. The van der Waals surface area contributed by atoms with Crippen LogP contribution in [0.3, 0.4) is 0 Å². The number of likely N-dealkylation sites (tertiary alicyclic amines) is 1. The van der Waals surface area contributed by atoms with E-state index in [0.717, 1.165) is 35.9 Å². The number of aryl methyl sites for hydroxylation is 1. The van der Waals surface area contributed by atoms with Crippen LogP contribution in [0, 0.1) is 25.7 Å². The Morgan fingerprint density at radius 3 is 2.56 bits per heavy atom. The Morgan fingerprint density at radius 1 is 1.15 bits per heavy atom. The van der Waals surface area contributed by atoms with Crippen molar-refractivity contribution < 1.29 is 19.1 Å². The summed E-state index contributed by atoms with van der Waals surface area (Å²) in [6, 6.07) is 0. The molecule has 2 amide bonds. The molecule has 7 heteroatoms. The zero-order valence-electron chi connectivity index (χ0n) is 16.3. The lowest BCUT2D eigenvalue weighted by Crippen LogP contribution is -2.46. The maximum Gasteiger partial charge on any atom is 0.341 e. The highest BCUT2D eigenvalue weighted by Crippen LogP contribution is 2.36. The second-order valence-corrected chi connectivity index (χ2v) is 8.90. The summed E-state index contributed by atoms with van der Waals surface area (Å²) in [7, 11) is 0. The monoisotopic (exact) mass is 392 g/mol. The Bertz CT molecular complexity index is 743. The summed E-state index contributed by atoms with van der Waals surface area (Å²) in [6.07, 6.45) is 6.09. The van der Waals surface area contributed by atoms with Crippen molar-refractivity contribution in [3.05, 3.63) is 16.0 Å². The van der Waals surface area contributed by atoms with Gasteiger partial charge in [0.2, 0.25) is 5.91 Å². The Balaban J connectivity index is 1.59. The summed E-state index contributed by atoms with van der Waals surface area (Å²) >= 11 is 1.34. The van der Waals surface area contributed by atoms with Gasteiger partial charge in [-0.15, -0.1) is 11.3 Å². The number of ether oxygens (including phenoxy) is 1. The number of rotatable bonds is 4. The molecule has 2 fully saturated rings. The molecule has 3 rings (SSSR count). The van der Waals surface area contributed by atoms with E-state index in [9.17, 15) is 14.4 Å². The molecule has 2 heterocycles. The molecule has 1 saturated carbocycles. The van der Waals surface area contributed by atoms with Crippen LogP contribution in [0.4, 0.5) is 5.00 Å². The molecule has 0 bridgehead atoms. The van der Waals surface area contributed by atoms with Gasteiger partial charge in [0, 0.05) is 24.9 Å². The molecule has 0 spiro atoms. The van der Waals surface area contributed by atoms with Crippen molar-refractivity contribution in [1.29, 1.82) is 0 Å². The first-order valence-electron chi connectivity index (χ1n) is 9.69. The van der Waals surface area contributed by atoms with Gasteiger partial charge in [0.15, 0.2) is 6.61 Å². The van der Waals surface area contributed by atoms with Crippen LogP contribution < -0.4 is 5.32 Å². The molecule has 2 atom stereocenters. The summed E-state index contributed by atoms with van der Waals surface area (Å²) in [5.41, 5.74) is 1.13. The number of amides is 2. The number of hydrogen-bond acceptors (Lipinski definition) is 5. The zero-order valence-corrected chi connectivity index (χ0v) is 17.1. The van der Waals surface area contributed by atoms with Gasteiger partial charge in [-0.05, 0) is 44.1 Å². The average Bonchev–Trinajstić information content (AvgIpc) is 2.92. The molecule has 27 heavy (non-hydrogen) atoms. The summed E-state index contributed by atoms with van der Waals surface area (Å²) in [5, 5.41) is 3.17. The van der Waals surface area contributed by atoms with E-state index in [1.54, 1.807) is 0 Å². The maximum atomic E-state index is 12.6. The molecule has 6 nitrogen and oxygen atoms in total. The largest absolute Gasteiger partial charge is 0.452 e. The van der Waals surface area contributed by atoms with Crippen molar-refractivity contribution in [3.63, 3.8) is 0 Å². The Kier molecular flexibility index (Phi) is 6.19. The van der Waals surface area contributed by atoms with Crippen molar-refractivity contribution >= 4 is 34.1 Å². The van der Waals surface area contributed by atoms with E-state index in [1.807, 2.05) is 18.7 Å². The maximum absolute atomic E-state index is 12.6. The van der Waals surface area contributed by atoms with Gasteiger partial charge in [-0.2, -0.15) is 0 Å². The quantitative estimate of drug-likeness (QED) is 0.796. The van der Waals surface area contributed by atoms with Gasteiger partial charge in [0.05, 0.1) is 5.56 Å². The molecule has 1 aromatic heterocycles. The van der Waals surface area contributed by atoms with Gasteiger partial charge < -0.3 is 15.0 Å². The van der Waals surface area contributed by atoms with E-state index in [0.29, 0.717) is 16.5 Å². The van der Waals surface area contributed by atoms with Crippen LogP contribution >= 0.6 is 11.3 Å². The van der Waals surface area contributed by atoms with Crippen LogP contribution in [0.25, 0.3) is 0 Å². The zero-order chi connectivity index (χ0) is 19.6. The fraction of sp³-hybridized carbons (Fsp3) is 0.650. The minimum Gasteiger partial charge on any atom is -0.452 e. The summed E-state index contributed by atoms with van der Waals surface area (Å²) in [6.45, 7) is 6.41. The molecule has 1 aliphatic heterocycles. The van der Waals surface area contributed by atoms with Gasteiger partial charge in [0.1, 0.15) is 5.00 Å². The second kappa shape index (κ2) is 8.42. The molecule has 0 radical (unpaired) electrons. The van der Waals surface area contributed by atoms with Gasteiger partial charge in [-0.25, -0.2) is 4.79 Å². The third-order valence-corrected chi connectivity index (χ3v) is 6.97. The predicted octanol–water partition coefficient (Wildman–Crippen LogP) is 3.52. The van der Waals surface area contributed by atoms with Crippen LogP contribution in [0.5, 0.6) is 0 Å². The number of thiophene rings is 1. The lowest BCUT2D eigenvalue weighted by atomic mass is 9.75. The van der Waals surface area contributed by atoms with Crippen LogP contribution in [-0.2, 0) is 14.3 Å². The van der Waals surface area contributed by atoms with Crippen molar-refractivity contribution in [3.8, 4) is 0 Å². The molecule has 0 aromatic carbocycles. The van der Waals surface area contributed by atoms with E-state index >= 15 is 0 Å². The Labute approximate surface area is 164 Å². The molecule has 1 N–H and O–H groups in total. The van der Waals surface area contributed by atoms with Gasteiger partial charge in [-0.3, -0.25) is 9.59 Å². The summed E-state index contributed by atoms with van der Waals surface area (Å²) in [4.78, 5) is 39.3.